The van der Waals surface area contributed by atoms with E-state index in [4.69, 9.17) is 0 Å². The van der Waals surface area contributed by atoms with E-state index in [-0.39, 0.29) is 35.2 Å². The molecule has 7 nitrogen and oxygen atoms in total. The van der Waals surface area contributed by atoms with Crippen molar-refractivity contribution in [3.05, 3.63) is 59.9 Å². The van der Waals surface area contributed by atoms with Crippen LogP contribution >= 0.6 is 0 Å². The molecular formula is C19H21N3O4S. The molecule has 27 heavy (non-hydrogen) atoms. The second kappa shape index (κ2) is 6.94. The van der Waals surface area contributed by atoms with Gasteiger partial charge in [0.05, 0.1) is 17.5 Å². The predicted molar refractivity (Wildman–Crippen MR) is 100 cm³/mol. The summed E-state index contributed by atoms with van der Waals surface area (Å²) in [5.41, 5.74) is 1.48. The van der Waals surface area contributed by atoms with Gasteiger partial charge in [0.15, 0.2) is 9.84 Å². The van der Waals surface area contributed by atoms with Gasteiger partial charge in [0.25, 0.3) is 5.91 Å². The van der Waals surface area contributed by atoms with Gasteiger partial charge in [-0.05, 0) is 35.9 Å². The molecule has 2 aromatic rings. The summed E-state index contributed by atoms with van der Waals surface area (Å²) in [7, 11) is -3.20. The van der Waals surface area contributed by atoms with Gasteiger partial charge in [-0.2, -0.15) is 0 Å². The molecule has 0 spiro atoms. The monoisotopic (exact) mass is 387 g/mol. The average molecular weight is 387 g/mol. The lowest BCUT2D eigenvalue weighted by Crippen LogP contribution is -2.60. The summed E-state index contributed by atoms with van der Waals surface area (Å²) in [6.07, 6.45) is 3.49. The van der Waals surface area contributed by atoms with Gasteiger partial charge in [0, 0.05) is 43.6 Å². The molecule has 2 fully saturated rings. The van der Waals surface area contributed by atoms with Crippen molar-refractivity contribution in [3.63, 3.8) is 0 Å². The van der Waals surface area contributed by atoms with Gasteiger partial charge in [-0.25, -0.2) is 8.42 Å². The normalized spacial score (nSPS) is 24.5. The molecule has 1 N–H and O–H groups in total. The highest BCUT2D eigenvalue weighted by Gasteiger charge is 2.48. The Morgan fingerprint density at radius 1 is 1.11 bits per heavy atom. The van der Waals surface area contributed by atoms with Gasteiger partial charge >= 0.3 is 0 Å². The Bertz CT molecular complexity index is 931. The molecule has 4 rings (SSSR count). The van der Waals surface area contributed by atoms with Crippen LogP contribution in [-0.2, 0) is 16.4 Å². The summed E-state index contributed by atoms with van der Waals surface area (Å²) in [5, 5.41) is 9.43. The molecule has 0 bridgehead atoms. The molecule has 8 heteroatoms. The maximum absolute atomic E-state index is 13.0. The lowest BCUT2D eigenvalue weighted by Gasteiger charge is -2.44. The highest BCUT2D eigenvalue weighted by atomic mass is 32.2. The van der Waals surface area contributed by atoms with E-state index in [1.165, 1.54) is 12.1 Å². The number of pyridine rings is 1. The van der Waals surface area contributed by atoms with Crippen LogP contribution in [-0.4, -0.2) is 70.9 Å². The van der Waals surface area contributed by atoms with Crippen molar-refractivity contribution < 1.29 is 18.3 Å². The van der Waals surface area contributed by atoms with Gasteiger partial charge in [0.1, 0.15) is 5.75 Å². The zero-order valence-corrected chi connectivity index (χ0v) is 15.5. The molecular weight excluding hydrogens is 366 g/mol. The number of piperazine rings is 1. The van der Waals surface area contributed by atoms with E-state index in [9.17, 15) is 18.3 Å². The van der Waals surface area contributed by atoms with Crippen LogP contribution in [0.1, 0.15) is 15.9 Å². The lowest BCUT2D eigenvalue weighted by molar-refractivity contribution is 0.0306. The number of nitrogens with zero attached hydrogens (tertiary/aromatic N) is 3. The van der Waals surface area contributed by atoms with Crippen molar-refractivity contribution in [2.24, 2.45) is 0 Å². The molecule has 1 aromatic heterocycles. The van der Waals surface area contributed by atoms with Crippen LogP contribution in [0.4, 0.5) is 0 Å². The summed E-state index contributed by atoms with van der Waals surface area (Å²) in [6, 6.07) is 9.33. The minimum Gasteiger partial charge on any atom is -0.508 e. The van der Waals surface area contributed by atoms with E-state index in [0.29, 0.717) is 25.2 Å². The number of aromatic hydroxyl groups is 1. The molecule has 3 heterocycles. The molecule has 2 atom stereocenters. The minimum absolute atomic E-state index is 0.00890. The number of rotatable bonds is 3. The average Bonchev–Trinajstić information content (AvgIpc) is 2.98. The maximum atomic E-state index is 13.0. The molecule has 2 saturated heterocycles. The second-order valence-corrected chi connectivity index (χ2v) is 9.24. The van der Waals surface area contributed by atoms with Crippen LogP contribution in [0.2, 0.25) is 0 Å². The van der Waals surface area contributed by atoms with E-state index in [0.717, 1.165) is 5.56 Å². The first-order valence-electron chi connectivity index (χ1n) is 8.86. The molecule has 2 unspecified atom stereocenters. The Hall–Kier alpha value is -2.45. The van der Waals surface area contributed by atoms with E-state index in [2.05, 4.69) is 9.88 Å². The van der Waals surface area contributed by atoms with Crippen molar-refractivity contribution in [1.82, 2.24) is 14.8 Å². The minimum atomic E-state index is -3.20. The number of hydrogen-bond acceptors (Lipinski definition) is 6. The van der Waals surface area contributed by atoms with Crippen LogP contribution in [0, 0.1) is 0 Å². The quantitative estimate of drug-likeness (QED) is 0.842. The standard InChI is InChI=1S/C19H21N3O4S/c23-16-5-3-15(4-6-16)19(24)22-9-8-21(11-14-2-1-7-20-10-14)17-12-27(25,26)13-18(17)22/h1-7,10,17-18,23H,8-9,11-13H2. The summed E-state index contributed by atoms with van der Waals surface area (Å²) >= 11 is 0. The SMILES string of the molecule is O=C(c1ccc(O)cc1)N1CCN(Cc2cccnc2)C2CS(=O)(=O)CC21. The lowest BCUT2D eigenvalue weighted by atomic mass is 10.0. The number of carbonyl (C=O) groups is 1. The fraction of sp³-hybridized carbons (Fsp3) is 0.368. The maximum Gasteiger partial charge on any atom is 0.254 e. The predicted octanol–water partition coefficient (Wildman–Crippen LogP) is 0.911. The van der Waals surface area contributed by atoms with Crippen LogP contribution in [0.25, 0.3) is 0 Å². The molecule has 142 valence electrons. The van der Waals surface area contributed by atoms with Crippen molar-refractivity contribution >= 4 is 15.7 Å². The highest BCUT2D eigenvalue weighted by molar-refractivity contribution is 7.91. The molecule has 0 saturated carbocycles. The summed E-state index contributed by atoms with van der Waals surface area (Å²) < 4.78 is 24.7. The van der Waals surface area contributed by atoms with Crippen molar-refractivity contribution in [2.75, 3.05) is 24.6 Å². The molecule has 2 aliphatic heterocycles. The van der Waals surface area contributed by atoms with Gasteiger partial charge in [-0.3, -0.25) is 14.7 Å². The Morgan fingerprint density at radius 2 is 1.85 bits per heavy atom. The van der Waals surface area contributed by atoms with Gasteiger partial charge in [-0.15, -0.1) is 0 Å². The van der Waals surface area contributed by atoms with E-state index in [1.54, 1.807) is 29.4 Å². The highest BCUT2D eigenvalue weighted by Crippen LogP contribution is 2.29. The Morgan fingerprint density at radius 3 is 2.56 bits per heavy atom. The zero-order valence-electron chi connectivity index (χ0n) is 14.7. The van der Waals surface area contributed by atoms with Crippen molar-refractivity contribution in [1.29, 1.82) is 0 Å². The van der Waals surface area contributed by atoms with Crippen molar-refractivity contribution in [2.45, 2.75) is 18.6 Å². The molecule has 1 aromatic carbocycles. The number of aromatic nitrogens is 1. The Kier molecular flexibility index (Phi) is 4.61. The second-order valence-electron chi connectivity index (χ2n) is 7.09. The summed E-state index contributed by atoms with van der Waals surface area (Å²) in [5.74, 6) is -0.0419. The first kappa shape index (κ1) is 17.9. The number of phenolic OH excluding ortho intramolecular Hbond substituents is 1. The van der Waals surface area contributed by atoms with Crippen LogP contribution in [0.5, 0.6) is 5.75 Å². The third-order valence-corrected chi connectivity index (χ3v) is 6.97. The fourth-order valence-electron chi connectivity index (χ4n) is 3.97. The Labute approximate surface area is 158 Å². The summed E-state index contributed by atoms with van der Waals surface area (Å²) in [6.45, 7) is 1.69. The first-order chi connectivity index (χ1) is 12.9. The van der Waals surface area contributed by atoms with Gasteiger partial charge in [-0.1, -0.05) is 6.07 Å². The number of amides is 1. The topological polar surface area (TPSA) is 90.8 Å². The van der Waals surface area contributed by atoms with Crippen molar-refractivity contribution in [3.8, 4) is 5.75 Å². The molecule has 2 aliphatic rings. The largest absolute Gasteiger partial charge is 0.508 e. The number of benzene rings is 1. The van der Waals surface area contributed by atoms with Gasteiger partial charge < -0.3 is 10.0 Å². The zero-order chi connectivity index (χ0) is 19.0. The van der Waals surface area contributed by atoms with E-state index >= 15 is 0 Å². The summed E-state index contributed by atoms with van der Waals surface area (Å²) in [4.78, 5) is 20.9. The van der Waals surface area contributed by atoms with Crippen LogP contribution < -0.4 is 0 Å². The third-order valence-electron chi connectivity index (χ3n) is 5.27. The number of fused-ring (bicyclic) bond motifs is 1. The fourth-order valence-corrected chi connectivity index (χ4v) is 5.98. The van der Waals surface area contributed by atoms with Crippen LogP contribution in [0.3, 0.4) is 0 Å². The number of hydrogen-bond donors (Lipinski definition) is 1. The first-order valence-corrected chi connectivity index (χ1v) is 10.7. The smallest absolute Gasteiger partial charge is 0.254 e. The number of sulfone groups is 1. The Balaban J connectivity index is 1.58. The molecule has 1 amide bonds. The van der Waals surface area contributed by atoms with Gasteiger partial charge in [0.2, 0.25) is 0 Å². The van der Waals surface area contributed by atoms with Crippen LogP contribution in [0.15, 0.2) is 48.8 Å². The van der Waals surface area contributed by atoms with E-state index < -0.39 is 9.84 Å². The van der Waals surface area contributed by atoms with E-state index in [1.807, 2.05) is 12.1 Å². The third kappa shape index (κ3) is 3.68. The number of phenols is 1. The molecule has 0 radical (unpaired) electrons. The number of carbonyl (C=O) groups excluding carboxylic acids is 1. The molecule has 0 aliphatic carbocycles.